The molecule has 0 aliphatic heterocycles. The molecular weight excluding hydrogens is 378 g/mol. The number of benzene rings is 1. The van der Waals surface area contributed by atoms with Crippen LogP contribution in [0.2, 0.25) is 5.02 Å². The summed E-state index contributed by atoms with van der Waals surface area (Å²) in [5, 5.41) is 8.01. The molecule has 1 N–H and O–H groups in total. The lowest BCUT2D eigenvalue weighted by molar-refractivity contribution is 0.0991. The van der Waals surface area contributed by atoms with Gasteiger partial charge in [0.2, 0.25) is 0 Å². The number of carbonyl (C=O) groups excluding carboxylic acids is 1. The third-order valence-electron chi connectivity index (χ3n) is 4.86. The highest BCUT2D eigenvalue weighted by atomic mass is 35.5. The lowest BCUT2D eigenvalue weighted by Gasteiger charge is -2.14. The van der Waals surface area contributed by atoms with Crippen molar-refractivity contribution >= 4 is 23.3 Å². The van der Waals surface area contributed by atoms with Gasteiger partial charge in [0, 0.05) is 6.07 Å². The van der Waals surface area contributed by atoms with Crippen LogP contribution in [0.1, 0.15) is 53.7 Å². The third-order valence-corrected chi connectivity index (χ3v) is 5.17. The van der Waals surface area contributed by atoms with Crippen LogP contribution in [0.25, 0.3) is 0 Å². The Bertz CT molecular complexity index is 973. The van der Waals surface area contributed by atoms with Crippen molar-refractivity contribution in [1.82, 2.24) is 9.78 Å². The first-order valence-electron chi connectivity index (χ1n) is 9.44. The number of ether oxygens (including phenoxy) is 1. The van der Waals surface area contributed by atoms with E-state index in [2.05, 4.69) is 10.4 Å². The Morgan fingerprint density at radius 1 is 1.29 bits per heavy atom. The molecule has 0 unspecified atom stereocenters. The number of furan rings is 1. The lowest BCUT2D eigenvalue weighted by Crippen LogP contribution is -2.17. The zero-order valence-corrected chi connectivity index (χ0v) is 16.4. The van der Waals surface area contributed by atoms with Crippen LogP contribution in [0.15, 0.2) is 46.9 Å². The van der Waals surface area contributed by atoms with E-state index < -0.39 is 0 Å². The van der Waals surface area contributed by atoms with Crippen LogP contribution >= 0.6 is 11.6 Å². The van der Waals surface area contributed by atoms with E-state index in [0.29, 0.717) is 28.4 Å². The first-order valence-corrected chi connectivity index (χ1v) is 9.81. The van der Waals surface area contributed by atoms with E-state index in [-0.39, 0.29) is 18.3 Å². The van der Waals surface area contributed by atoms with Gasteiger partial charge < -0.3 is 14.5 Å². The van der Waals surface area contributed by atoms with Crippen LogP contribution in [-0.4, -0.2) is 15.7 Å². The molecule has 0 atom stereocenters. The second-order valence-electron chi connectivity index (χ2n) is 6.99. The van der Waals surface area contributed by atoms with Gasteiger partial charge in [0.25, 0.3) is 5.91 Å². The van der Waals surface area contributed by atoms with E-state index in [1.807, 2.05) is 29.8 Å². The number of aryl methyl sites for hydroxylation is 1. The summed E-state index contributed by atoms with van der Waals surface area (Å²) < 4.78 is 13.2. The van der Waals surface area contributed by atoms with Gasteiger partial charge in [-0.3, -0.25) is 4.79 Å². The summed E-state index contributed by atoms with van der Waals surface area (Å²) >= 11 is 6.08. The number of nitrogens with one attached hydrogen (secondary N) is 1. The van der Waals surface area contributed by atoms with Crippen LogP contribution in [0.3, 0.4) is 0 Å². The summed E-state index contributed by atoms with van der Waals surface area (Å²) in [6.45, 7) is 2.12. The first kappa shape index (κ1) is 18.6. The van der Waals surface area contributed by atoms with Crippen molar-refractivity contribution in [1.29, 1.82) is 0 Å². The van der Waals surface area contributed by atoms with Crippen LogP contribution in [0, 0.1) is 6.92 Å². The quantitative estimate of drug-likeness (QED) is 0.603. The number of aromatic nitrogens is 2. The number of para-hydroxylation sites is 1. The monoisotopic (exact) mass is 399 g/mol. The summed E-state index contributed by atoms with van der Waals surface area (Å²) in [4.78, 5) is 12.6. The molecule has 6 nitrogen and oxygen atoms in total. The zero-order valence-electron chi connectivity index (χ0n) is 15.7. The van der Waals surface area contributed by atoms with Crippen molar-refractivity contribution in [3.05, 3.63) is 64.7 Å². The Labute approximate surface area is 168 Å². The zero-order chi connectivity index (χ0) is 19.5. The van der Waals surface area contributed by atoms with Gasteiger partial charge in [0.1, 0.15) is 23.9 Å². The lowest BCUT2D eigenvalue weighted by atomic mass is 10.2. The summed E-state index contributed by atoms with van der Waals surface area (Å²) in [5.41, 5.74) is 0.885. The normalized spacial score (nSPS) is 14.4. The largest absolute Gasteiger partial charge is 0.484 e. The van der Waals surface area contributed by atoms with E-state index in [0.717, 1.165) is 18.5 Å². The molecule has 28 heavy (non-hydrogen) atoms. The van der Waals surface area contributed by atoms with Gasteiger partial charge in [-0.1, -0.05) is 36.6 Å². The smallest absolute Gasteiger partial charge is 0.292 e. The van der Waals surface area contributed by atoms with E-state index >= 15 is 0 Å². The first-order chi connectivity index (χ1) is 13.6. The number of nitrogens with zero attached hydrogens (tertiary/aromatic N) is 2. The van der Waals surface area contributed by atoms with Gasteiger partial charge in [-0.2, -0.15) is 5.10 Å². The van der Waals surface area contributed by atoms with Gasteiger partial charge in [0.15, 0.2) is 5.76 Å². The van der Waals surface area contributed by atoms with Crippen LogP contribution in [0.5, 0.6) is 5.75 Å². The molecule has 4 rings (SSSR count). The molecule has 1 aliphatic carbocycles. The van der Waals surface area contributed by atoms with Crippen LogP contribution in [0.4, 0.5) is 5.82 Å². The minimum Gasteiger partial charge on any atom is -0.484 e. The Hall–Kier alpha value is -2.73. The fourth-order valence-corrected chi connectivity index (χ4v) is 3.69. The Kier molecular flexibility index (Phi) is 5.39. The number of carbonyl (C=O) groups is 1. The van der Waals surface area contributed by atoms with Crippen molar-refractivity contribution in [3.63, 3.8) is 0 Å². The van der Waals surface area contributed by atoms with E-state index in [9.17, 15) is 4.79 Å². The molecule has 146 valence electrons. The third kappa shape index (κ3) is 4.07. The van der Waals surface area contributed by atoms with Gasteiger partial charge >= 0.3 is 0 Å². The van der Waals surface area contributed by atoms with Crippen LogP contribution in [-0.2, 0) is 6.61 Å². The second-order valence-corrected chi connectivity index (χ2v) is 7.40. The SMILES string of the molecule is Cc1cc(NC(=O)c2ccc(COc3ccccc3Cl)o2)n(C2CCCC2)n1. The molecule has 1 fully saturated rings. The maximum atomic E-state index is 12.6. The second kappa shape index (κ2) is 8.10. The summed E-state index contributed by atoms with van der Waals surface area (Å²) in [5.74, 6) is 1.76. The number of halogens is 1. The number of anilines is 1. The molecule has 3 aromatic rings. The predicted octanol–water partition coefficient (Wildman–Crippen LogP) is 5.38. The van der Waals surface area contributed by atoms with Gasteiger partial charge in [-0.15, -0.1) is 0 Å². The topological polar surface area (TPSA) is 69.3 Å². The molecule has 2 aromatic heterocycles. The highest BCUT2D eigenvalue weighted by molar-refractivity contribution is 6.32. The molecule has 0 bridgehead atoms. The number of amides is 1. The van der Waals surface area contributed by atoms with E-state index in [4.69, 9.17) is 20.8 Å². The molecule has 1 amide bonds. The highest BCUT2D eigenvalue weighted by Crippen LogP contribution is 2.32. The van der Waals surface area contributed by atoms with E-state index in [1.54, 1.807) is 24.3 Å². The Balaban J connectivity index is 1.42. The fourth-order valence-electron chi connectivity index (χ4n) is 3.50. The van der Waals surface area contributed by atoms with Crippen molar-refractivity contribution < 1.29 is 13.9 Å². The molecule has 0 saturated heterocycles. The Morgan fingerprint density at radius 2 is 2.07 bits per heavy atom. The van der Waals surface area contributed by atoms with Crippen molar-refractivity contribution in [2.45, 2.75) is 45.3 Å². The molecule has 1 saturated carbocycles. The number of hydrogen-bond donors (Lipinski definition) is 1. The fraction of sp³-hybridized carbons (Fsp3) is 0.333. The van der Waals surface area contributed by atoms with Crippen molar-refractivity contribution in [2.24, 2.45) is 0 Å². The molecule has 0 radical (unpaired) electrons. The molecule has 2 heterocycles. The average Bonchev–Trinajstić information content (AvgIpc) is 3.42. The van der Waals surface area contributed by atoms with Gasteiger partial charge in [-0.05, 0) is 44.0 Å². The molecular formula is C21H22ClN3O3. The number of rotatable bonds is 6. The standard InChI is InChI=1S/C21H22ClN3O3/c1-14-12-20(25(24-14)15-6-2-3-7-15)23-21(26)19-11-10-16(28-19)13-27-18-9-5-4-8-17(18)22/h4-5,8-12,15H,2-3,6-7,13H2,1H3,(H,23,26). The van der Waals surface area contributed by atoms with Gasteiger partial charge in [0.05, 0.1) is 16.8 Å². The summed E-state index contributed by atoms with van der Waals surface area (Å²) in [6, 6.07) is 12.8. The molecule has 7 heteroatoms. The predicted molar refractivity (Wildman–Crippen MR) is 107 cm³/mol. The average molecular weight is 400 g/mol. The maximum absolute atomic E-state index is 12.6. The van der Waals surface area contributed by atoms with Crippen molar-refractivity contribution in [3.8, 4) is 5.75 Å². The maximum Gasteiger partial charge on any atom is 0.292 e. The minimum atomic E-state index is -0.303. The van der Waals surface area contributed by atoms with Gasteiger partial charge in [-0.25, -0.2) is 4.68 Å². The highest BCUT2D eigenvalue weighted by Gasteiger charge is 2.22. The summed E-state index contributed by atoms with van der Waals surface area (Å²) in [6.07, 6.45) is 4.58. The molecule has 0 spiro atoms. The molecule has 1 aromatic carbocycles. The summed E-state index contributed by atoms with van der Waals surface area (Å²) in [7, 11) is 0. The van der Waals surface area contributed by atoms with Crippen molar-refractivity contribution in [2.75, 3.05) is 5.32 Å². The van der Waals surface area contributed by atoms with Crippen LogP contribution < -0.4 is 10.1 Å². The minimum absolute atomic E-state index is 0.191. The molecule has 1 aliphatic rings. The van der Waals surface area contributed by atoms with E-state index in [1.165, 1.54) is 12.8 Å². The number of hydrogen-bond acceptors (Lipinski definition) is 4. The Morgan fingerprint density at radius 3 is 2.86 bits per heavy atom.